The normalized spacial score (nSPS) is 14.6. The van der Waals surface area contributed by atoms with E-state index in [1.54, 1.807) is 0 Å². The Bertz CT molecular complexity index is 201. The molecule has 0 rings (SSSR count). The van der Waals surface area contributed by atoms with Crippen molar-refractivity contribution < 1.29 is 8.42 Å². The largest absolute Gasteiger partial charge is 0.330 e. The molecule has 0 aliphatic carbocycles. The van der Waals surface area contributed by atoms with Crippen LogP contribution >= 0.6 is 0 Å². The van der Waals surface area contributed by atoms with Crippen LogP contribution in [0, 0.1) is 0 Å². The molecular weight excluding hydrogens is 176 g/mol. The van der Waals surface area contributed by atoms with Crippen LogP contribution in [0.1, 0.15) is 26.7 Å². The Morgan fingerprint density at radius 2 is 2.08 bits per heavy atom. The minimum absolute atomic E-state index is 0.0495. The second-order valence-electron chi connectivity index (χ2n) is 2.92. The second-order valence-corrected chi connectivity index (χ2v) is 4.79. The number of sulfonamides is 1. The summed E-state index contributed by atoms with van der Waals surface area (Å²) in [7, 11) is -3.06. The number of hydrogen-bond donors (Lipinski definition) is 2. The zero-order valence-corrected chi connectivity index (χ0v) is 8.52. The zero-order chi connectivity index (χ0) is 9.61. The molecule has 5 heteroatoms. The molecule has 0 aliphatic rings. The molecule has 0 aromatic carbocycles. The van der Waals surface area contributed by atoms with E-state index in [9.17, 15) is 8.42 Å². The summed E-state index contributed by atoms with van der Waals surface area (Å²) in [4.78, 5) is 0. The van der Waals surface area contributed by atoms with Gasteiger partial charge in [-0.2, -0.15) is 0 Å². The van der Waals surface area contributed by atoms with E-state index >= 15 is 0 Å². The van der Waals surface area contributed by atoms with E-state index < -0.39 is 10.0 Å². The second kappa shape index (κ2) is 5.50. The van der Waals surface area contributed by atoms with E-state index in [0.29, 0.717) is 19.4 Å². The average Bonchev–Trinajstić information content (AvgIpc) is 1.85. The third-order valence-electron chi connectivity index (χ3n) is 1.45. The van der Waals surface area contributed by atoms with Crippen molar-refractivity contribution in [1.29, 1.82) is 0 Å². The fourth-order valence-corrected chi connectivity index (χ4v) is 2.33. The molecule has 0 spiro atoms. The maximum Gasteiger partial charge on any atom is 0.211 e. The van der Waals surface area contributed by atoms with Crippen LogP contribution in [0.4, 0.5) is 0 Å². The van der Waals surface area contributed by atoms with E-state index in [4.69, 9.17) is 5.73 Å². The summed E-state index contributed by atoms with van der Waals surface area (Å²) in [5.41, 5.74) is 5.29. The first kappa shape index (κ1) is 11.9. The molecule has 0 aromatic heterocycles. The van der Waals surface area contributed by atoms with E-state index in [1.165, 1.54) is 0 Å². The van der Waals surface area contributed by atoms with Gasteiger partial charge in [-0.25, -0.2) is 13.1 Å². The van der Waals surface area contributed by atoms with Gasteiger partial charge < -0.3 is 5.73 Å². The lowest BCUT2D eigenvalue weighted by molar-refractivity contribution is 0.549. The van der Waals surface area contributed by atoms with Gasteiger partial charge in [0.15, 0.2) is 0 Å². The lowest BCUT2D eigenvalue weighted by atomic mass is 10.3. The van der Waals surface area contributed by atoms with Crippen LogP contribution in [0.15, 0.2) is 0 Å². The van der Waals surface area contributed by atoms with Crippen LogP contribution in [0.3, 0.4) is 0 Å². The third kappa shape index (κ3) is 5.51. The maximum absolute atomic E-state index is 11.2. The summed E-state index contributed by atoms with van der Waals surface area (Å²) in [6, 6.07) is -0.0495. The maximum atomic E-state index is 11.2. The smallest absolute Gasteiger partial charge is 0.211 e. The molecule has 0 saturated heterocycles. The number of rotatable bonds is 6. The van der Waals surface area contributed by atoms with Crippen molar-refractivity contribution in [2.24, 2.45) is 5.73 Å². The first-order chi connectivity index (χ1) is 5.52. The van der Waals surface area contributed by atoms with Gasteiger partial charge in [0.1, 0.15) is 0 Å². The topological polar surface area (TPSA) is 72.2 Å². The summed E-state index contributed by atoms with van der Waals surface area (Å²) in [5, 5.41) is 0. The van der Waals surface area contributed by atoms with Crippen LogP contribution in [-0.2, 0) is 10.0 Å². The summed E-state index contributed by atoms with van der Waals surface area (Å²) < 4.78 is 24.9. The van der Waals surface area contributed by atoms with Gasteiger partial charge in [0.25, 0.3) is 0 Å². The molecule has 0 radical (unpaired) electrons. The Morgan fingerprint density at radius 3 is 2.50 bits per heavy atom. The Balaban J connectivity index is 3.89. The molecule has 3 N–H and O–H groups in total. The summed E-state index contributed by atoms with van der Waals surface area (Å²) >= 11 is 0. The predicted octanol–water partition coefficient (Wildman–Crippen LogP) is 0.0531. The molecule has 74 valence electrons. The molecule has 4 nitrogen and oxygen atoms in total. The van der Waals surface area contributed by atoms with Crippen molar-refractivity contribution in [2.75, 3.05) is 12.3 Å². The van der Waals surface area contributed by atoms with Crippen molar-refractivity contribution >= 4 is 10.0 Å². The Kier molecular flexibility index (Phi) is 5.44. The predicted molar refractivity (Wildman–Crippen MR) is 50.3 cm³/mol. The fraction of sp³-hybridized carbons (Fsp3) is 1.00. The molecular formula is C7H18N2O2S. The van der Waals surface area contributed by atoms with E-state index in [2.05, 4.69) is 4.72 Å². The van der Waals surface area contributed by atoms with Crippen LogP contribution < -0.4 is 10.5 Å². The number of nitrogens with two attached hydrogens (primary N) is 1. The summed E-state index contributed by atoms with van der Waals surface area (Å²) in [5.74, 6) is 0.196. The SMILES string of the molecule is CCCS(=O)(=O)NC(C)CCN. The molecule has 12 heavy (non-hydrogen) atoms. The van der Waals surface area contributed by atoms with E-state index in [0.717, 1.165) is 0 Å². The first-order valence-corrected chi connectivity index (χ1v) is 5.87. The first-order valence-electron chi connectivity index (χ1n) is 4.22. The minimum Gasteiger partial charge on any atom is -0.330 e. The molecule has 0 fully saturated rings. The Labute approximate surface area is 74.6 Å². The Hall–Kier alpha value is -0.130. The lowest BCUT2D eigenvalue weighted by Crippen LogP contribution is -2.35. The van der Waals surface area contributed by atoms with Crippen LogP contribution in [0.25, 0.3) is 0 Å². The van der Waals surface area contributed by atoms with Gasteiger partial charge in [0.05, 0.1) is 5.75 Å². The molecule has 0 aliphatic heterocycles. The number of nitrogens with one attached hydrogen (secondary N) is 1. The van der Waals surface area contributed by atoms with E-state index in [1.807, 2.05) is 13.8 Å². The summed E-state index contributed by atoms with van der Waals surface area (Å²) in [6.07, 6.45) is 1.33. The van der Waals surface area contributed by atoms with Gasteiger partial charge in [-0.3, -0.25) is 0 Å². The van der Waals surface area contributed by atoms with Crippen molar-refractivity contribution in [3.8, 4) is 0 Å². The minimum atomic E-state index is -3.06. The van der Waals surface area contributed by atoms with Crippen molar-refractivity contribution in [1.82, 2.24) is 4.72 Å². The number of hydrogen-bond acceptors (Lipinski definition) is 3. The van der Waals surface area contributed by atoms with Crippen molar-refractivity contribution in [3.63, 3.8) is 0 Å². The Morgan fingerprint density at radius 1 is 1.50 bits per heavy atom. The standard InChI is InChI=1S/C7H18N2O2S/c1-3-6-12(10,11)9-7(2)4-5-8/h7,9H,3-6,8H2,1-2H3. The molecule has 0 heterocycles. The highest BCUT2D eigenvalue weighted by molar-refractivity contribution is 7.89. The van der Waals surface area contributed by atoms with Gasteiger partial charge in [0.2, 0.25) is 10.0 Å². The molecule has 1 atom stereocenters. The highest BCUT2D eigenvalue weighted by Crippen LogP contribution is 1.94. The van der Waals surface area contributed by atoms with Gasteiger partial charge in [-0.05, 0) is 26.3 Å². The highest BCUT2D eigenvalue weighted by atomic mass is 32.2. The van der Waals surface area contributed by atoms with Gasteiger partial charge in [-0.15, -0.1) is 0 Å². The quantitative estimate of drug-likeness (QED) is 0.627. The molecule has 0 aromatic rings. The van der Waals surface area contributed by atoms with Crippen LogP contribution in [-0.4, -0.2) is 26.8 Å². The van der Waals surface area contributed by atoms with Gasteiger partial charge in [0, 0.05) is 6.04 Å². The molecule has 1 unspecified atom stereocenters. The average molecular weight is 194 g/mol. The molecule has 0 amide bonds. The monoisotopic (exact) mass is 194 g/mol. The van der Waals surface area contributed by atoms with Gasteiger partial charge in [-0.1, -0.05) is 6.92 Å². The van der Waals surface area contributed by atoms with Crippen molar-refractivity contribution in [2.45, 2.75) is 32.7 Å². The molecule has 0 bridgehead atoms. The fourth-order valence-electron chi connectivity index (χ4n) is 0.943. The highest BCUT2D eigenvalue weighted by Gasteiger charge is 2.11. The zero-order valence-electron chi connectivity index (χ0n) is 7.71. The van der Waals surface area contributed by atoms with E-state index in [-0.39, 0.29) is 11.8 Å². The third-order valence-corrected chi connectivity index (χ3v) is 3.16. The lowest BCUT2D eigenvalue weighted by Gasteiger charge is -2.11. The van der Waals surface area contributed by atoms with Crippen molar-refractivity contribution in [3.05, 3.63) is 0 Å². The summed E-state index contributed by atoms with van der Waals surface area (Å²) in [6.45, 7) is 4.17. The van der Waals surface area contributed by atoms with Crippen LogP contribution in [0.2, 0.25) is 0 Å². The molecule has 0 saturated carbocycles. The van der Waals surface area contributed by atoms with Gasteiger partial charge >= 0.3 is 0 Å². The van der Waals surface area contributed by atoms with Crippen LogP contribution in [0.5, 0.6) is 0 Å².